The van der Waals surface area contributed by atoms with Gasteiger partial charge in [0.05, 0.1) is 18.5 Å². The van der Waals surface area contributed by atoms with Crippen LogP contribution in [-0.4, -0.2) is 22.0 Å². The summed E-state index contributed by atoms with van der Waals surface area (Å²) in [4.78, 5) is 16.1. The zero-order valence-corrected chi connectivity index (χ0v) is 11.5. The molecule has 0 aliphatic rings. The molecular formula is C15H16N4O2. The van der Waals surface area contributed by atoms with E-state index in [4.69, 9.17) is 4.42 Å². The average Bonchev–Trinajstić information content (AvgIpc) is 3.14. The number of hydrogen-bond acceptors (Lipinski definition) is 3. The van der Waals surface area contributed by atoms with Crippen molar-refractivity contribution in [2.24, 2.45) is 0 Å². The maximum Gasteiger partial charge on any atom is 0.315 e. The number of amides is 2. The van der Waals surface area contributed by atoms with E-state index < -0.39 is 0 Å². The summed E-state index contributed by atoms with van der Waals surface area (Å²) in [7, 11) is 0. The molecule has 0 spiro atoms. The van der Waals surface area contributed by atoms with Crippen LogP contribution >= 0.6 is 0 Å². The highest BCUT2D eigenvalue weighted by Crippen LogP contribution is 2.04. The molecule has 0 aromatic carbocycles. The van der Waals surface area contributed by atoms with Gasteiger partial charge in [-0.15, -0.1) is 0 Å². The molecule has 0 bridgehead atoms. The Kier molecular flexibility index (Phi) is 3.86. The van der Waals surface area contributed by atoms with Crippen LogP contribution in [0, 0.1) is 0 Å². The quantitative estimate of drug-likeness (QED) is 0.752. The molecule has 6 heteroatoms. The number of fused-ring (bicyclic) bond motifs is 1. The van der Waals surface area contributed by atoms with Crippen LogP contribution in [0.1, 0.15) is 11.5 Å². The predicted molar refractivity (Wildman–Crippen MR) is 77.8 cm³/mol. The molecule has 0 saturated carbocycles. The number of imidazole rings is 1. The topological polar surface area (TPSA) is 71.6 Å². The first-order valence-corrected chi connectivity index (χ1v) is 6.78. The van der Waals surface area contributed by atoms with E-state index in [0.717, 1.165) is 17.1 Å². The summed E-state index contributed by atoms with van der Waals surface area (Å²) >= 11 is 0. The van der Waals surface area contributed by atoms with Crippen LogP contribution in [-0.2, 0) is 13.0 Å². The third kappa shape index (κ3) is 3.42. The van der Waals surface area contributed by atoms with Crippen molar-refractivity contribution in [2.75, 3.05) is 6.54 Å². The Balaban J connectivity index is 1.44. The molecule has 21 heavy (non-hydrogen) atoms. The minimum atomic E-state index is -0.213. The van der Waals surface area contributed by atoms with E-state index >= 15 is 0 Å². The van der Waals surface area contributed by atoms with Gasteiger partial charge in [0.2, 0.25) is 0 Å². The third-order valence-corrected chi connectivity index (χ3v) is 3.08. The first-order valence-electron chi connectivity index (χ1n) is 6.78. The van der Waals surface area contributed by atoms with Crippen LogP contribution in [0.25, 0.3) is 5.65 Å². The minimum absolute atomic E-state index is 0.213. The monoisotopic (exact) mass is 284 g/mol. The second-order valence-corrected chi connectivity index (χ2v) is 4.64. The molecule has 0 aliphatic carbocycles. The molecule has 3 aromatic rings. The van der Waals surface area contributed by atoms with Gasteiger partial charge in [-0.1, -0.05) is 6.07 Å². The molecule has 6 nitrogen and oxygen atoms in total. The van der Waals surface area contributed by atoms with Gasteiger partial charge in [-0.3, -0.25) is 0 Å². The van der Waals surface area contributed by atoms with Gasteiger partial charge >= 0.3 is 6.03 Å². The highest BCUT2D eigenvalue weighted by Gasteiger charge is 2.04. The molecule has 2 N–H and O–H groups in total. The molecule has 0 unspecified atom stereocenters. The van der Waals surface area contributed by atoms with Crippen molar-refractivity contribution in [1.29, 1.82) is 0 Å². The fourth-order valence-electron chi connectivity index (χ4n) is 2.05. The van der Waals surface area contributed by atoms with Crippen LogP contribution in [0.5, 0.6) is 0 Å². The number of carbonyl (C=O) groups excluding carboxylic acids is 1. The molecule has 3 rings (SSSR count). The molecule has 0 saturated heterocycles. The summed E-state index contributed by atoms with van der Waals surface area (Å²) < 4.78 is 7.10. The van der Waals surface area contributed by atoms with Crippen molar-refractivity contribution >= 4 is 11.7 Å². The number of hydrogen-bond donors (Lipinski definition) is 2. The Bertz CT molecular complexity index is 685. The number of nitrogens with zero attached hydrogens (tertiary/aromatic N) is 2. The van der Waals surface area contributed by atoms with E-state index in [-0.39, 0.29) is 6.03 Å². The molecule has 0 radical (unpaired) electrons. The third-order valence-electron chi connectivity index (χ3n) is 3.08. The zero-order chi connectivity index (χ0) is 14.5. The lowest BCUT2D eigenvalue weighted by Gasteiger charge is -2.05. The Morgan fingerprint density at radius 2 is 2.19 bits per heavy atom. The highest BCUT2D eigenvalue weighted by atomic mass is 16.3. The lowest BCUT2D eigenvalue weighted by molar-refractivity contribution is 0.239. The van der Waals surface area contributed by atoms with Crippen LogP contribution in [0.15, 0.2) is 53.4 Å². The average molecular weight is 284 g/mol. The van der Waals surface area contributed by atoms with E-state index in [1.807, 2.05) is 41.1 Å². The summed E-state index contributed by atoms with van der Waals surface area (Å²) in [6.07, 6.45) is 6.20. The second-order valence-electron chi connectivity index (χ2n) is 4.64. The normalized spacial score (nSPS) is 10.7. The van der Waals surface area contributed by atoms with Crippen LogP contribution < -0.4 is 10.6 Å². The fraction of sp³-hybridized carbons (Fsp3) is 0.200. The molecular weight excluding hydrogens is 268 g/mol. The van der Waals surface area contributed by atoms with Gasteiger partial charge < -0.3 is 19.5 Å². The van der Waals surface area contributed by atoms with Gasteiger partial charge in [0.1, 0.15) is 11.4 Å². The standard InChI is InChI=1S/C15H16N4O2/c20-15(17-10-13-4-3-9-21-13)16-7-6-12-11-19-8-2-1-5-14(19)18-12/h1-5,8-9,11H,6-7,10H2,(H2,16,17,20). The number of aromatic nitrogens is 2. The molecule has 0 fully saturated rings. The van der Waals surface area contributed by atoms with Crippen molar-refractivity contribution in [1.82, 2.24) is 20.0 Å². The van der Waals surface area contributed by atoms with Crippen molar-refractivity contribution in [2.45, 2.75) is 13.0 Å². The number of carbonyl (C=O) groups is 1. The van der Waals surface area contributed by atoms with E-state index in [2.05, 4.69) is 15.6 Å². The Morgan fingerprint density at radius 3 is 3.00 bits per heavy atom. The van der Waals surface area contributed by atoms with Crippen LogP contribution in [0.4, 0.5) is 4.79 Å². The maximum absolute atomic E-state index is 11.6. The number of pyridine rings is 1. The molecule has 3 heterocycles. The molecule has 108 valence electrons. The number of nitrogens with one attached hydrogen (secondary N) is 2. The van der Waals surface area contributed by atoms with Crippen LogP contribution in [0.2, 0.25) is 0 Å². The smallest absolute Gasteiger partial charge is 0.315 e. The van der Waals surface area contributed by atoms with Gasteiger partial charge in [-0.05, 0) is 24.3 Å². The fourth-order valence-corrected chi connectivity index (χ4v) is 2.05. The minimum Gasteiger partial charge on any atom is -0.467 e. The van der Waals surface area contributed by atoms with Gasteiger partial charge in [0, 0.05) is 25.4 Å². The van der Waals surface area contributed by atoms with E-state index in [1.165, 1.54) is 0 Å². The first kappa shape index (κ1) is 13.2. The van der Waals surface area contributed by atoms with Crippen LogP contribution in [0.3, 0.4) is 0 Å². The lowest BCUT2D eigenvalue weighted by Crippen LogP contribution is -2.36. The summed E-state index contributed by atoms with van der Waals surface area (Å²) in [5.41, 5.74) is 1.86. The zero-order valence-electron chi connectivity index (χ0n) is 11.5. The summed E-state index contributed by atoms with van der Waals surface area (Å²) in [5, 5.41) is 5.53. The summed E-state index contributed by atoms with van der Waals surface area (Å²) in [6, 6.07) is 9.25. The first-order chi connectivity index (χ1) is 10.3. The van der Waals surface area contributed by atoms with Crippen molar-refractivity contribution in [3.05, 3.63) is 60.4 Å². The Hall–Kier alpha value is -2.76. The number of rotatable bonds is 5. The second kappa shape index (κ2) is 6.13. The van der Waals surface area contributed by atoms with Gasteiger partial charge in [0.25, 0.3) is 0 Å². The van der Waals surface area contributed by atoms with Gasteiger partial charge in [-0.2, -0.15) is 0 Å². The van der Waals surface area contributed by atoms with Crippen molar-refractivity contribution in [3.63, 3.8) is 0 Å². The SMILES string of the molecule is O=C(NCCc1cn2ccccc2n1)NCc1ccco1. The van der Waals surface area contributed by atoms with E-state index in [0.29, 0.717) is 19.5 Å². The highest BCUT2D eigenvalue weighted by molar-refractivity contribution is 5.73. The maximum atomic E-state index is 11.6. The largest absolute Gasteiger partial charge is 0.467 e. The summed E-state index contributed by atoms with van der Waals surface area (Å²) in [6.45, 7) is 0.918. The van der Waals surface area contributed by atoms with Gasteiger partial charge in [0.15, 0.2) is 0 Å². The van der Waals surface area contributed by atoms with Crippen molar-refractivity contribution < 1.29 is 9.21 Å². The molecule has 3 aromatic heterocycles. The number of furan rings is 1. The molecule has 2 amide bonds. The summed E-state index contributed by atoms with van der Waals surface area (Å²) in [5.74, 6) is 0.727. The van der Waals surface area contributed by atoms with E-state index in [9.17, 15) is 4.79 Å². The molecule has 0 atom stereocenters. The van der Waals surface area contributed by atoms with Gasteiger partial charge in [-0.25, -0.2) is 9.78 Å². The van der Waals surface area contributed by atoms with Crippen molar-refractivity contribution in [3.8, 4) is 0 Å². The Labute approximate surface area is 121 Å². The number of urea groups is 1. The molecule has 0 aliphatic heterocycles. The Morgan fingerprint density at radius 1 is 1.24 bits per heavy atom. The lowest BCUT2D eigenvalue weighted by atomic mass is 10.3. The predicted octanol–water partition coefficient (Wildman–Crippen LogP) is 1.97. The van der Waals surface area contributed by atoms with E-state index in [1.54, 1.807) is 12.3 Å².